The third-order valence-corrected chi connectivity index (χ3v) is 3.78. The van der Waals surface area contributed by atoms with Crippen LogP contribution >= 0.6 is 12.4 Å². The van der Waals surface area contributed by atoms with Crippen molar-refractivity contribution in [2.24, 2.45) is 0 Å². The highest BCUT2D eigenvalue weighted by Gasteiger charge is 2.16. The molecule has 1 fully saturated rings. The third kappa shape index (κ3) is 7.14. The second kappa shape index (κ2) is 10.5. The Labute approximate surface area is 139 Å². The molecule has 0 aromatic heterocycles. The van der Waals surface area contributed by atoms with E-state index in [2.05, 4.69) is 17.6 Å². The summed E-state index contributed by atoms with van der Waals surface area (Å²) >= 11 is 0. The van der Waals surface area contributed by atoms with Crippen molar-refractivity contribution in [3.8, 4) is 5.75 Å². The summed E-state index contributed by atoms with van der Waals surface area (Å²) in [6.45, 7) is 4.55. The van der Waals surface area contributed by atoms with Gasteiger partial charge in [-0.25, -0.2) is 0 Å². The SMILES string of the molecule is Cc1ccc(OCCCCNC(=O)CC2CCCN2)cc1.Cl. The molecule has 2 N–H and O–H groups in total. The molecular formula is C17H27ClN2O2. The minimum atomic E-state index is 0. The van der Waals surface area contributed by atoms with E-state index >= 15 is 0 Å². The second-order valence-electron chi connectivity index (χ2n) is 5.72. The van der Waals surface area contributed by atoms with Crippen molar-refractivity contribution in [1.82, 2.24) is 10.6 Å². The van der Waals surface area contributed by atoms with Crippen molar-refractivity contribution >= 4 is 18.3 Å². The topological polar surface area (TPSA) is 50.4 Å². The molecular weight excluding hydrogens is 300 g/mol. The van der Waals surface area contributed by atoms with E-state index in [0.29, 0.717) is 19.1 Å². The molecule has 1 saturated heterocycles. The van der Waals surface area contributed by atoms with E-state index in [1.165, 1.54) is 12.0 Å². The predicted octanol–water partition coefficient (Wildman–Crippen LogP) is 2.83. The third-order valence-electron chi connectivity index (χ3n) is 3.78. The normalized spacial score (nSPS) is 16.9. The minimum Gasteiger partial charge on any atom is -0.494 e. The molecule has 1 atom stereocenters. The van der Waals surface area contributed by atoms with Gasteiger partial charge in [0.2, 0.25) is 5.91 Å². The number of hydrogen-bond donors (Lipinski definition) is 2. The zero-order valence-electron chi connectivity index (χ0n) is 13.3. The largest absolute Gasteiger partial charge is 0.494 e. The number of carbonyl (C=O) groups is 1. The first kappa shape index (κ1) is 18.8. The van der Waals surface area contributed by atoms with Crippen LogP contribution in [0.3, 0.4) is 0 Å². The van der Waals surface area contributed by atoms with E-state index in [4.69, 9.17) is 4.74 Å². The van der Waals surface area contributed by atoms with Crippen molar-refractivity contribution in [2.75, 3.05) is 19.7 Å². The summed E-state index contributed by atoms with van der Waals surface area (Å²) < 4.78 is 5.65. The lowest BCUT2D eigenvalue weighted by atomic mass is 10.1. The highest BCUT2D eigenvalue weighted by Crippen LogP contribution is 2.11. The number of amides is 1. The first-order chi connectivity index (χ1) is 10.2. The van der Waals surface area contributed by atoms with Crippen LogP contribution in [0.4, 0.5) is 0 Å². The molecule has 0 saturated carbocycles. The monoisotopic (exact) mass is 326 g/mol. The molecule has 0 radical (unpaired) electrons. The van der Waals surface area contributed by atoms with Crippen LogP contribution in [0.2, 0.25) is 0 Å². The summed E-state index contributed by atoms with van der Waals surface area (Å²) in [6.07, 6.45) is 4.83. The smallest absolute Gasteiger partial charge is 0.221 e. The summed E-state index contributed by atoms with van der Waals surface area (Å²) in [7, 11) is 0. The minimum absolute atomic E-state index is 0. The molecule has 0 bridgehead atoms. The Morgan fingerprint density at radius 3 is 2.77 bits per heavy atom. The number of benzene rings is 1. The summed E-state index contributed by atoms with van der Waals surface area (Å²) in [5.74, 6) is 1.07. The van der Waals surface area contributed by atoms with E-state index in [0.717, 1.165) is 38.1 Å². The second-order valence-corrected chi connectivity index (χ2v) is 5.72. The summed E-state index contributed by atoms with van der Waals surface area (Å²) in [6, 6.07) is 8.46. The number of carbonyl (C=O) groups excluding carboxylic acids is 1. The van der Waals surface area contributed by atoms with Gasteiger partial charge in [0.05, 0.1) is 6.61 Å². The van der Waals surface area contributed by atoms with Gasteiger partial charge in [-0.2, -0.15) is 0 Å². The van der Waals surface area contributed by atoms with E-state index < -0.39 is 0 Å². The average molecular weight is 327 g/mol. The van der Waals surface area contributed by atoms with Gasteiger partial charge < -0.3 is 15.4 Å². The molecule has 4 nitrogen and oxygen atoms in total. The number of ether oxygens (including phenoxy) is 1. The van der Waals surface area contributed by atoms with Gasteiger partial charge in [-0.3, -0.25) is 4.79 Å². The highest BCUT2D eigenvalue weighted by molar-refractivity contribution is 5.85. The maximum absolute atomic E-state index is 11.7. The highest BCUT2D eigenvalue weighted by atomic mass is 35.5. The number of halogens is 1. The molecule has 1 amide bonds. The van der Waals surface area contributed by atoms with Gasteiger partial charge in [-0.15, -0.1) is 12.4 Å². The van der Waals surface area contributed by atoms with Crippen LogP contribution in [0.5, 0.6) is 5.75 Å². The van der Waals surface area contributed by atoms with Crippen LogP contribution < -0.4 is 15.4 Å². The van der Waals surface area contributed by atoms with Crippen molar-refractivity contribution in [1.29, 1.82) is 0 Å². The lowest BCUT2D eigenvalue weighted by Gasteiger charge is -2.10. The molecule has 1 aliphatic heterocycles. The van der Waals surface area contributed by atoms with Crippen molar-refractivity contribution < 1.29 is 9.53 Å². The Hall–Kier alpha value is -1.26. The van der Waals surface area contributed by atoms with Gasteiger partial charge in [-0.1, -0.05) is 17.7 Å². The molecule has 1 aliphatic rings. The summed E-state index contributed by atoms with van der Waals surface area (Å²) in [5, 5.41) is 6.32. The molecule has 0 spiro atoms. The van der Waals surface area contributed by atoms with Crippen LogP contribution in [0, 0.1) is 6.92 Å². The molecule has 1 aromatic carbocycles. The van der Waals surface area contributed by atoms with E-state index in [1.807, 2.05) is 24.3 Å². The molecule has 1 aromatic rings. The number of aryl methyl sites for hydroxylation is 1. The first-order valence-corrected chi connectivity index (χ1v) is 7.93. The van der Waals surface area contributed by atoms with Crippen molar-refractivity contribution in [3.05, 3.63) is 29.8 Å². The average Bonchev–Trinajstić information content (AvgIpc) is 2.97. The van der Waals surface area contributed by atoms with Gasteiger partial charge in [0.15, 0.2) is 0 Å². The Bertz CT molecular complexity index is 431. The number of unbranched alkanes of at least 4 members (excludes halogenated alkanes) is 1. The molecule has 0 aliphatic carbocycles. The molecule has 1 heterocycles. The summed E-state index contributed by atoms with van der Waals surface area (Å²) in [5.41, 5.74) is 1.24. The zero-order chi connectivity index (χ0) is 14.9. The fraction of sp³-hybridized carbons (Fsp3) is 0.588. The van der Waals surface area contributed by atoms with Crippen LogP contribution in [0.25, 0.3) is 0 Å². The Morgan fingerprint density at radius 2 is 2.09 bits per heavy atom. The number of hydrogen-bond acceptors (Lipinski definition) is 3. The number of rotatable bonds is 8. The maximum atomic E-state index is 11.7. The van der Waals surface area contributed by atoms with Crippen molar-refractivity contribution in [3.63, 3.8) is 0 Å². The van der Waals surface area contributed by atoms with Gasteiger partial charge in [-0.05, 0) is 51.3 Å². The lowest BCUT2D eigenvalue weighted by molar-refractivity contribution is -0.121. The molecule has 124 valence electrons. The van der Waals surface area contributed by atoms with Crippen LogP contribution in [0.1, 0.15) is 37.7 Å². The molecule has 5 heteroatoms. The molecule has 1 unspecified atom stereocenters. The van der Waals surface area contributed by atoms with E-state index in [-0.39, 0.29) is 18.3 Å². The zero-order valence-corrected chi connectivity index (χ0v) is 14.1. The van der Waals surface area contributed by atoms with Gasteiger partial charge in [0, 0.05) is 19.0 Å². The Balaban J connectivity index is 0.00000242. The Morgan fingerprint density at radius 1 is 1.32 bits per heavy atom. The van der Waals surface area contributed by atoms with E-state index in [9.17, 15) is 4.79 Å². The Kier molecular flexibility index (Phi) is 8.94. The van der Waals surface area contributed by atoms with Gasteiger partial charge in [0.25, 0.3) is 0 Å². The van der Waals surface area contributed by atoms with Crippen molar-refractivity contribution in [2.45, 2.75) is 45.1 Å². The predicted molar refractivity (Wildman–Crippen MR) is 91.8 cm³/mol. The van der Waals surface area contributed by atoms with Gasteiger partial charge in [0.1, 0.15) is 5.75 Å². The fourth-order valence-electron chi connectivity index (χ4n) is 2.51. The standard InChI is InChI=1S/C17H26N2O2.ClH/c1-14-6-8-16(9-7-14)21-12-3-2-10-19-17(20)13-15-5-4-11-18-15;/h6-9,15,18H,2-5,10-13H2,1H3,(H,19,20);1H. The lowest BCUT2D eigenvalue weighted by Crippen LogP contribution is -2.32. The van der Waals surface area contributed by atoms with E-state index in [1.54, 1.807) is 0 Å². The molecule has 2 rings (SSSR count). The van der Waals surface area contributed by atoms with Crippen LogP contribution in [0.15, 0.2) is 24.3 Å². The quantitative estimate of drug-likeness (QED) is 0.722. The van der Waals surface area contributed by atoms with Gasteiger partial charge >= 0.3 is 0 Å². The summed E-state index contributed by atoms with van der Waals surface area (Å²) in [4.78, 5) is 11.7. The van der Waals surface area contributed by atoms with Crippen LogP contribution in [-0.4, -0.2) is 31.6 Å². The fourth-order valence-corrected chi connectivity index (χ4v) is 2.51. The van der Waals surface area contributed by atoms with Crippen LogP contribution in [-0.2, 0) is 4.79 Å². The number of nitrogens with one attached hydrogen (secondary N) is 2. The molecule has 22 heavy (non-hydrogen) atoms. The maximum Gasteiger partial charge on any atom is 0.221 e. The first-order valence-electron chi connectivity index (χ1n) is 7.93.